The summed E-state index contributed by atoms with van der Waals surface area (Å²) in [4.78, 5) is 29.6. The smallest absolute Gasteiger partial charge is 0.220 e. The lowest BCUT2D eigenvalue weighted by Crippen LogP contribution is -1.99. The normalized spacial score (nSPS) is 12.0. The van der Waals surface area contributed by atoms with Crippen molar-refractivity contribution >= 4 is 154 Å². The predicted molar refractivity (Wildman–Crippen MR) is 551 cm³/mol. The molecule has 0 saturated heterocycles. The molecule has 136 heavy (non-hydrogen) atoms. The van der Waals surface area contributed by atoms with Crippen molar-refractivity contribution in [2.45, 2.75) is 0 Å². The Bertz CT molecular complexity index is 9410. The fourth-order valence-electron chi connectivity index (χ4n) is 20.9. The summed E-state index contributed by atoms with van der Waals surface area (Å²) in [5.74, 6) is 5.25. The summed E-state index contributed by atoms with van der Waals surface area (Å²) >= 11 is 0. The molecule has 0 aliphatic rings. The van der Waals surface area contributed by atoms with Gasteiger partial charge in [0.1, 0.15) is 11.6 Å². The average Bonchev–Trinajstić information content (AvgIpc) is 1.57. The van der Waals surface area contributed by atoms with Crippen LogP contribution in [0.1, 0.15) is 0 Å². The molecule has 0 unspecified atom stereocenters. The number of rotatable bonds is 11. The van der Waals surface area contributed by atoms with Gasteiger partial charge in [-0.1, -0.05) is 212 Å². The summed E-state index contributed by atoms with van der Waals surface area (Å²) in [7, 11) is 0. The van der Waals surface area contributed by atoms with Crippen LogP contribution in [0.2, 0.25) is 0 Å². The quantitative estimate of drug-likeness (QED) is 0.127. The molecule has 14 heterocycles. The molecular formula is C118H76N18. The van der Waals surface area contributed by atoms with Gasteiger partial charge < -0.3 is 13.7 Å². The topological polar surface area (TPSA) is 134 Å². The number of imidazole rings is 8. The lowest BCUT2D eigenvalue weighted by atomic mass is 10.0. The molecule has 16 aromatic carbocycles. The Morgan fingerprint density at radius 3 is 0.853 bits per heavy atom. The Balaban J connectivity index is 0.000000103. The number of benzene rings is 16. The van der Waals surface area contributed by atoms with Crippen LogP contribution < -0.4 is 0 Å². The van der Waals surface area contributed by atoms with Crippen molar-refractivity contribution in [3.63, 3.8) is 0 Å². The molecule has 0 atom stereocenters. The van der Waals surface area contributed by atoms with Crippen molar-refractivity contribution in [2.75, 3.05) is 0 Å². The molecule has 0 bridgehead atoms. The maximum Gasteiger partial charge on any atom is 0.220 e. The second kappa shape index (κ2) is 30.3. The van der Waals surface area contributed by atoms with Crippen molar-refractivity contribution in [2.24, 2.45) is 0 Å². The van der Waals surface area contributed by atoms with E-state index >= 15 is 0 Å². The van der Waals surface area contributed by atoms with Crippen LogP contribution in [0.25, 0.3) is 234 Å². The highest BCUT2D eigenvalue weighted by molar-refractivity contribution is 6.14. The summed E-state index contributed by atoms with van der Waals surface area (Å²) in [6, 6.07) is 144. The molecule has 0 radical (unpaired) electrons. The minimum atomic E-state index is 0.827. The zero-order valence-electron chi connectivity index (χ0n) is 72.9. The molecule has 0 fully saturated rings. The SMILES string of the molecule is c1cc(-c2cccc(-n3c4ccccc4c4cc(-n5c6ccccc6c6ccccc65)ccc43)n2)cc(-n2ccn3c4ccccc4nc23)c1.c1cc(-c2cccc(-n3ccn4c5ccccc5nc34)c2)cc(-n2ccn3c4ccccc4nc23)c1.c1cc(-c2ccnc(-n3ccn4c5ccccc5nc34)c2)cc(-n2c3ccccc3c3cc(-n4c5ccccc5c5ccccc54)ccc32)c1. The number of aromatic nitrogens is 18. The van der Waals surface area contributed by atoms with E-state index in [0.29, 0.717) is 0 Å². The average molecular weight is 1750 g/mol. The highest BCUT2D eigenvalue weighted by Gasteiger charge is 2.24. The molecule has 14 aromatic heterocycles. The van der Waals surface area contributed by atoms with Gasteiger partial charge in [0.05, 0.1) is 94.0 Å². The molecule has 18 heteroatoms. The molecule has 0 spiro atoms. The van der Waals surface area contributed by atoms with Crippen LogP contribution in [0.5, 0.6) is 0 Å². The van der Waals surface area contributed by atoms with Gasteiger partial charge in [-0.05, 0) is 216 Å². The summed E-state index contributed by atoms with van der Waals surface area (Å²) in [6.07, 6.45) is 18.4. The Morgan fingerprint density at radius 2 is 0.449 bits per heavy atom. The van der Waals surface area contributed by atoms with Gasteiger partial charge in [0.2, 0.25) is 23.1 Å². The molecule has 0 amide bonds. The first-order valence-electron chi connectivity index (χ1n) is 45.6. The van der Waals surface area contributed by atoms with E-state index in [4.69, 9.17) is 29.9 Å². The monoisotopic (exact) mass is 1740 g/mol. The van der Waals surface area contributed by atoms with E-state index in [1.54, 1.807) is 0 Å². The number of fused-ring (bicyclic) bond motifs is 24. The van der Waals surface area contributed by atoms with Gasteiger partial charge in [0.25, 0.3) is 0 Å². The van der Waals surface area contributed by atoms with Gasteiger partial charge in [0.15, 0.2) is 0 Å². The highest BCUT2D eigenvalue weighted by atomic mass is 15.2. The lowest BCUT2D eigenvalue weighted by molar-refractivity contribution is 1.01. The van der Waals surface area contributed by atoms with Gasteiger partial charge in [-0.15, -0.1) is 0 Å². The van der Waals surface area contributed by atoms with Crippen LogP contribution >= 0.6 is 0 Å². The Labute approximate surface area is 775 Å². The Morgan fingerprint density at radius 1 is 0.162 bits per heavy atom. The van der Waals surface area contributed by atoms with Gasteiger partial charge in [-0.2, -0.15) is 0 Å². The van der Waals surface area contributed by atoms with E-state index in [1.807, 2.05) is 60.9 Å². The fraction of sp³-hybridized carbons (Fsp3) is 0. The van der Waals surface area contributed by atoms with Gasteiger partial charge in [-0.25, -0.2) is 29.9 Å². The van der Waals surface area contributed by atoms with E-state index in [-0.39, 0.29) is 0 Å². The third kappa shape index (κ3) is 12.0. The summed E-state index contributed by atoms with van der Waals surface area (Å²) in [6.45, 7) is 0. The zero-order valence-corrected chi connectivity index (χ0v) is 72.9. The van der Waals surface area contributed by atoms with Crippen LogP contribution in [0.4, 0.5) is 0 Å². The molecular weight excluding hydrogens is 1670 g/mol. The van der Waals surface area contributed by atoms with Crippen LogP contribution in [0.3, 0.4) is 0 Å². The van der Waals surface area contributed by atoms with Crippen molar-refractivity contribution < 1.29 is 0 Å². The first-order chi connectivity index (χ1) is 67.4. The minimum Gasteiger partial charge on any atom is -0.309 e. The Kier molecular flexibility index (Phi) is 16.9. The van der Waals surface area contributed by atoms with Gasteiger partial charge in [-0.3, -0.25) is 40.4 Å². The standard InChI is InChI=1S/2C44H28N6.C30H20N6/c1-5-18-38-32(13-1)33-14-2-6-19-39(33)49(38)31-23-24-41-35(28-31)34-15-3-7-20-40(34)50(41)43-22-10-17-36(45-43)29-11-9-12-30(27-29)47-25-26-48-42-21-8-4-16-37(42)46-44(47)48;1-5-16-38-33(12-1)34-13-2-6-17-39(34)50(38)32-20-21-41-36(28-32)35-14-3-7-18-40(35)49(41)31-11-9-10-29(26-31)30-22-23-45-43(27-30)48-25-24-47-42-19-8-4-15-37(42)46-44(47)48;1-3-13-27-25(11-1)31-29-33(15-17-35(27)29)23-9-5-7-21(19-23)22-8-6-10-24(20-22)34-16-18-36-28-14-4-2-12-26(28)32-30(34)36/h2*1-28H;1-20H. The van der Waals surface area contributed by atoms with Crippen LogP contribution in [0.15, 0.2) is 462 Å². The molecule has 638 valence electrons. The molecule has 18 nitrogen and oxygen atoms in total. The second-order valence-electron chi connectivity index (χ2n) is 34.6. The molecule has 0 aliphatic carbocycles. The maximum atomic E-state index is 5.29. The summed E-state index contributed by atoms with van der Waals surface area (Å²) < 4.78 is 26.4. The number of nitrogens with zero attached hydrogens (tertiary/aromatic N) is 18. The van der Waals surface area contributed by atoms with E-state index in [0.717, 1.165) is 158 Å². The van der Waals surface area contributed by atoms with Crippen molar-refractivity contribution in [1.29, 1.82) is 0 Å². The highest BCUT2D eigenvalue weighted by Crippen LogP contribution is 2.42. The zero-order chi connectivity index (χ0) is 89.2. The summed E-state index contributed by atoms with van der Waals surface area (Å²) in [5.41, 5.74) is 30.8. The number of hydrogen-bond acceptors (Lipinski definition) is 6. The number of pyridine rings is 2. The van der Waals surface area contributed by atoms with Crippen LogP contribution in [0, 0.1) is 0 Å². The maximum absolute atomic E-state index is 5.29. The third-order valence-electron chi connectivity index (χ3n) is 27.0. The first kappa shape index (κ1) is 76.0. The first-order valence-corrected chi connectivity index (χ1v) is 45.6. The van der Waals surface area contributed by atoms with Crippen LogP contribution in [-0.4, -0.2) is 84.0 Å². The molecule has 0 aliphatic heterocycles. The van der Waals surface area contributed by atoms with E-state index in [9.17, 15) is 0 Å². The van der Waals surface area contributed by atoms with Crippen LogP contribution in [-0.2, 0) is 0 Å². The molecule has 30 aromatic rings. The molecule has 30 rings (SSSR count). The van der Waals surface area contributed by atoms with Crippen molar-refractivity contribution in [3.05, 3.63) is 462 Å². The van der Waals surface area contributed by atoms with Gasteiger partial charge in [0, 0.05) is 139 Å². The number of para-hydroxylation sites is 14. The fourth-order valence-corrected chi connectivity index (χ4v) is 20.9. The summed E-state index contributed by atoms with van der Waals surface area (Å²) in [5, 5.41) is 9.89. The van der Waals surface area contributed by atoms with E-state index in [1.165, 1.54) is 76.2 Å². The molecule has 0 saturated carbocycles. The largest absolute Gasteiger partial charge is 0.309 e. The van der Waals surface area contributed by atoms with E-state index < -0.39 is 0 Å². The molecule has 0 N–H and O–H groups in total. The minimum absolute atomic E-state index is 0.827. The Hall–Kier alpha value is -18.9. The van der Waals surface area contributed by atoms with Crippen molar-refractivity contribution in [3.8, 4) is 79.3 Å². The van der Waals surface area contributed by atoms with E-state index in [2.05, 4.69) is 455 Å². The predicted octanol–water partition coefficient (Wildman–Crippen LogP) is 27.6. The lowest BCUT2D eigenvalue weighted by Gasteiger charge is -2.12. The number of hydrogen-bond donors (Lipinski definition) is 0. The van der Waals surface area contributed by atoms with Crippen molar-refractivity contribution in [1.82, 2.24) is 84.0 Å². The van der Waals surface area contributed by atoms with Gasteiger partial charge >= 0.3 is 0 Å². The third-order valence-corrected chi connectivity index (χ3v) is 27.0. The second-order valence-corrected chi connectivity index (χ2v) is 34.6.